The molecule has 0 spiro atoms. The van der Waals surface area contributed by atoms with Crippen LogP contribution in [0.15, 0.2) is 28.9 Å². The van der Waals surface area contributed by atoms with Crippen LogP contribution in [-0.4, -0.2) is 13.1 Å². The van der Waals surface area contributed by atoms with Crippen LogP contribution in [0.2, 0.25) is 0 Å². The zero-order chi connectivity index (χ0) is 13.5. The van der Waals surface area contributed by atoms with E-state index in [-0.39, 0.29) is 5.82 Å². The van der Waals surface area contributed by atoms with Crippen LogP contribution in [0.4, 0.5) is 4.39 Å². The summed E-state index contributed by atoms with van der Waals surface area (Å²) >= 11 is 0. The second-order valence-corrected chi connectivity index (χ2v) is 4.50. The Labute approximate surface area is 111 Å². The lowest BCUT2D eigenvalue weighted by Gasteiger charge is -2.00. The fourth-order valence-corrected chi connectivity index (χ4v) is 2.13. The first-order valence-electron chi connectivity index (χ1n) is 6.46. The van der Waals surface area contributed by atoms with Gasteiger partial charge >= 0.3 is 6.47 Å². The molecule has 1 radical (unpaired) electrons. The van der Waals surface area contributed by atoms with Gasteiger partial charge in [-0.25, -0.2) is 9.18 Å². The molecule has 0 saturated heterocycles. The smallest absolute Gasteiger partial charge is 0.417 e. The number of furan rings is 1. The van der Waals surface area contributed by atoms with Gasteiger partial charge in [0, 0.05) is 5.39 Å². The highest BCUT2D eigenvalue weighted by atomic mass is 19.1. The Morgan fingerprint density at radius 3 is 2.89 bits per heavy atom. The van der Waals surface area contributed by atoms with Gasteiger partial charge in [-0.2, -0.15) is 0 Å². The molecule has 0 saturated carbocycles. The first kappa shape index (κ1) is 13.6. The number of carbonyl (C=O) groups excluding carboxylic acids is 1. The molecule has 0 bridgehead atoms. The highest BCUT2D eigenvalue weighted by molar-refractivity contribution is 5.80. The van der Waals surface area contributed by atoms with Crippen molar-refractivity contribution in [2.75, 3.05) is 6.61 Å². The molecule has 0 amide bonds. The summed E-state index contributed by atoms with van der Waals surface area (Å²) in [6, 6.07) is 4.57. The van der Waals surface area contributed by atoms with Crippen LogP contribution in [0, 0.1) is 5.82 Å². The number of ether oxygens (including phenoxy) is 1. The average Bonchev–Trinajstić information content (AvgIpc) is 2.80. The molecular formula is C15H16FO3. The first-order chi connectivity index (χ1) is 9.31. The second-order valence-electron chi connectivity index (χ2n) is 4.50. The van der Waals surface area contributed by atoms with Gasteiger partial charge in [-0.05, 0) is 43.0 Å². The SMILES string of the molecule is O=[C]OCCCCCCc1coc2ccc(F)cc12. The molecule has 0 aliphatic heterocycles. The Morgan fingerprint density at radius 2 is 2.05 bits per heavy atom. The Bertz CT molecular complexity index is 533. The second kappa shape index (κ2) is 6.92. The number of rotatable bonds is 8. The quantitative estimate of drug-likeness (QED) is 0.681. The first-order valence-corrected chi connectivity index (χ1v) is 6.46. The highest BCUT2D eigenvalue weighted by Crippen LogP contribution is 2.23. The van der Waals surface area contributed by atoms with Crippen LogP contribution in [0.1, 0.15) is 31.2 Å². The van der Waals surface area contributed by atoms with Crippen molar-refractivity contribution in [2.45, 2.75) is 32.1 Å². The van der Waals surface area contributed by atoms with Gasteiger partial charge < -0.3 is 9.15 Å². The van der Waals surface area contributed by atoms with Crippen LogP contribution >= 0.6 is 0 Å². The number of hydrogen-bond donors (Lipinski definition) is 0. The van der Waals surface area contributed by atoms with Gasteiger partial charge in [0.05, 0.1) is 12.9 Å². The summed E-state index contributed by atoms with van der Waals surface area (Å²) in [7, 11) is 0. The number of halogens is 1. The monoisotopic (exact) mass is 263 g/mol. The Balaban J connectivity index is 1.78. The molecule has 2 rings (SSSR count). The Kier molecular flexibility index (Phi) is 4.95. The zero-order valence-corrected chi connectivity index (χ0v) is 10.7. The van der Waals surface area contributed by atoms with E-state index in [2.05, 4.69) is 4.74 Å². The van der Waals surface area contributed by atoms with Crippen molar-refractivity contribution in [1.82, 2.24) is 0 Å². The minimum absolute atomic E-state index is 0.239. The molecule has 101 valence electrons. The summed E-state index contributed by atoms with van der Waals surface area (Å²) in [4.78, 5) is 9.81. The highest BCUT2D eigenvalue weighted by Gasteiger charge is 2.06. The molecule has 1 heterocycles. The van der Waals surface area contributed by atoms with E-state index in [1.165, 1.54) is 18.6 Å². The molecule has 1 aromatic heterocycles. The van der Waals surface area contributed by atoms with Gasteiger partial charge in [0.15, 0.2) is 0 Å². The van der Waals surface area contributed by atoms with Gasteiger partial charge in [-0.3, -0.25) is 0 Å². The van der Waals surface area contributed by atoms with E-state index in [0.717, 1.165) is 48.6 Å². The number of unbranched alkanes of at least 4 members (excludes halogenated alkanes) is 3. The lowest BCUT2D eigenvalue weighted by atomic mass is 10.1. The van der Waals surface area contributed by atoms with Crippen LogP contribution in [0.3, 0.4) is 0 Å². The molecule has 19 heavy (non-hydrogen) atoms. The van der Waals surface area contributed by atoms with Gasteiger partial charge in [0.1, 0.15) is 11.4 Å². The maximum absolute atomic E-state index is 13.2. The third-order valence-electron chi connectivity index (χ3n) is 3.12. The Hall–Kier alpha value is -1.84. The van der Waals surface area contributed by atoms with E-state index in [4.69, 9.17) is 4.42 Å². The molecule has 0 fully saturated rings. The molecule has 1 aromatic carbocycles. The van der Waals surface area contributed by atoms with Crippen LogP contribution in [0.25, 0.3) is 11.0 Å². The van der Waals surface area contributed by atoms with Gasteiger partial charge in [0.2, 0.25) is 0 Å². The summed E-state index contributed by atoms with van der Waals surface area (Å²) in [5.74, 6) is -0.239. The maximum Gasteiger partial charge on any atom is 0.417 e. The van der Waals surface area contributed by atoms with Gasteiger partial charge in [0.25, 0.3) is 0 Å². The van der Waals surface area contributed by atoms with E-state index in [1.54, 1.807) is 12.3 Å². The van der Waals surface area contributed by atoms with Crippen LogP contribution in [0.5, 0.6) is 0 Å². The topological polar surface area (TPSA) is 39.4 Å². The third-order valence-corrected chi connectivity index (χ3v) is 3.12. The van der Waals surface area contributed by atoms with Crippen molar-refractivity contribution in [3.8, 4) is 0 Å². The number of aryl methyl sites for hydroxylation is 1. The van der Waals surface area contributed by atoms with Crippen molar-refractivity contribution >= 4 is 17.4 Å². The molecule has 2 aromatic rings. The summed E-state index contributed by atoms with van der Waals surface area (Å²) in [6.45, 7) is 1.84. The van der Waals surface area contributed by atoms with Gasteiger partial charge in [-0.15, -0.1) is 0 Å². The minimum Gasteiger partial charge on any atom is -0.464 e. The third kappa shape index (κ3) is 3.81. The number of benzene rings is 1. The molecule has 0 aliphatic carbocycles. The molecule has 4 heteroatoms. The summed E-state index contributed by atoms with van der Waals surface area (Å²) < 4.78 is 23.0. The summed E-state index contributed by atoms with van der Waals surface area (Å²) in [5.41, 5.74) is 1.78. The summed E-state index contributed by atoms with van der Waals surface area (Å²) in [6.07, 6.45) is 6.49. The lowest BCUT2D eigenvalue weighted by molar-refractivity contribution is 0.269. The molecular weight excluding hydrogens is 247 g/mol. The molecule has 0 unspecified atom stereocenters. The molecule has 3 nitrogen and oxygen atoms in total. The zero-order valence-electron chi connectivity index (χ0n) is 10.7. The van der Waals surface area contributed by atoms with Crippen LogP contribution < -0.4 is 0 Å². The van der Waals surface area contributed by atoms with Crippen molar-refractivity contribution in [2.24, 2.45) is 0 Å². The van der Waals surface area contributed by atoms with E-state index in [0.29, 0.717) is 6.61 Å². The molecule has 0 atom stereocenters. The standard InChI is InChI=1S/C15H16FO3/c16-13-6-7-15-14(9-13)12(10-19-15)5-3-1-2-4-8-18-11-17/h6-7,9-10H,1-5,8H2. The normalized spacial score (nSPS) is 10.8. The number of fused-ring (bicyclic) bond motifs is 1. The van der Waals surface area contributed by atoms with E-state index in [9.17, 15) is 9.18 Å². The van der Waals surface area contributed by atoms with E-state index < -0.39 is 0 Å². The predicted molar refractivity (Wildman–Crippen MR) is 70.0 cm³/mol. The molecule has 0 N–H and O–H groups in total. The lowest BCUT2D eigenvalue weighted by Crippen LogP contribution is -1.92. The average molecular weight is 263 g/mol. The van der Waals surface area contributed by atoms with Crippen LogP contribution in [-0.2, 0) is 16.0 Å². The minimum atomic E-state index is -0.239. The Morgan fingerprint density at radius 1 is 1.21 bits per heavy atom. The van der Waals surface area contributed by atoms with Crippen molar-refractivity contribution in [3.05, 3.63) is 35.8 Å². The van der Waals surface area contributed by atoms with E-state index >= 15 is 0 Å². The summed E-state index contributed by atoms with van der Waals surface area (Å²) in [5, 5.41) is 0.860. The fraction of sp³-hybridized carbons (Fsp3) is 0.400. The predicted octanol–water partition coefficient (Wildman–Crippen LogP) is 3.76. The van der Waals surface area contributed by atoms with Crippen molar-refractivity contribution in [1.29, 1.82) is 0 Å². The van der Waals surface area contributed by atoms with Crippen molar-refractivity contribution < 1.29 is 18.3 Å². The van der Waals surface area contributed by atoms with Gasteiger partial charge in [-0.1, -0.05) is 12.8 Å². The van der Waals surface area contributed by atoms with E-state index in [1.807, 2.05) is 0 Å². The van der Waals surface area contributed by atoms with Crippen molar-refractivity contribution in [3.63, 3.8) is 0 Å². The fourth-order valence-electron chi connectivity index (χ4n) is 2.13. The largest absolute Gasteiger partial charge is 0.464 e. The molecule has 0 aliphatic rings. The number of hydrogen-bond acceptors (Lipinski definition) is 3. The maximum atomic E-state index is 13.2.